The standard InChI is InChI=1S/C20H28N4O/c1-13(2)8-19-18(17-6-7-21-14(3)9-17)10-22-20(23-19)24-11-15(4)25-16(5)12-24/h6-7,9-10,13,15-16H,8,11-12H2,1-5H3/t15-,16+. The smallest absolute Gasteiger partial charge is 0.225 e. The second-order valence-electron chi connectivity index (χ2n) is 7.48. The average Bonchev–Trinajstić information content (AvgIpc) is 2.53. The van der Waals surface area contributed by atoms with Crippen molar-refractivity contribution in [2.75, 3.05) is 18.0 Å². The quantitative estimate of drug-likeness (QED) is 0.850. The average molecular weight is 340 g/mol. The van der Waals surface area contributed by atoms with Gasteiger partial charge in [0.2, 0.25) is 5.95 Å². The van der Waals surface area contributed by atoms with Crippen molar-refractivity contribution in [3.8, 4) is 11.1 Å². The first kappa shape index (κ1) is 17.8. The van der Waals surface area contributed by atoms with Gasteiger partial charge in [-0.05, 0) is 50.8 Å². The van der Waals surface area contributed by atoms with E-state index in [1.54, 1.807) is 0 Å². The third-order valence-corrected chi connectivity index (χ3v) is 4.37. The predicted molar refractivity (Wildman–Crippen MR) is 101 cm³/mol. The predicted octanol–water partition coefficient (Wildman–Crippen LogP) is 3.66. The van der Waals surface area contributed by atoms with E-state index in [1.807, 2.05) is 25.4 Å². The van der Waals surface area contributed by atoms with E-state index in [1.165, 1.54) is 0 Å². The Balaban J connectivity index is 1.97. The number of aromatic nitrogens is 3. The molecule has 0 saturated carbocycles. The number of morpholine rings is 1. The van der Waals surface area contributed by atoms with Crippen LogP contribution in [-0.2, 0) is 11.2 Å². The second kappa shape index (κ2) is 7.48. The van der Waals surface area contributed by atoms with Gasteiger partial charge >= 0.3 is 0 Å². The number of ether oxygens (including phenoxy) is 1. The highest BCUT2D eigenvalue weighted by atomic mass is 16.5. The Labute approximate surface area is 150 Å². The molecule has 1 aliphatic heterocycles. The molecule has 134 valence electrons. The lowest BCUT2D eigenvalue weighted by atomic mass is 9.99. The topological polar surface area (TPSA) is 51.1 Å². The first-order valence-electron chi connectivity index (χ1n) is 9.11. The van der Waals surface area contributed by atoms with E-state index in [2.05, 4.69) is 48.6 Å². The van der Waals surface area contributed by atoms with Gasteiger partial charge in [0, 0.05) is 36.7 Å². The van der Waals surface area contributed by atoms with Crippen LogP contribution in [0.5, 0.6) is 0 Å². The monoisotopic (exact) mass is 340 g/mol. The highest BCUT2D eigenvalue weighted by Crippen LogP contribution is 2.26. The summed E-state index contributed by atoms with van der Waals surface area (Å²) in [6.45, 7) is 12.3. The fourth-order valence-electron chi connectivity index (χ4n) is 3.40. The van der Waals surface area contributed by atoms with Gasteiger partial charge in [-0.15, -0.1) is 0 Å². The molecule has 25 heavy (non-hydrogen) atoms. The Morgan fingerprint density at radius 2 is 1.92 bits per heavy atom. The Hall–Kier alpha value is -2.01. The summed E-state index contributed by atoms with van der Waals surface area (Å²) >= 11 is 0. The highest BCUT2D eigenvalue weighted by Gasteiger charge is 2.25. The fraction of sp³-hybridized carbons (Fsp3) is 0.550. The lowest BCUT2D eigenvalue weighted by Crippen LogP contribution is -2.46. The van der Waals surface area contributed by atoms with Crippen LogP contribution in [0.3, 0.4) is 0 Å². The van der Waals surface area contributed by atoms with Crippen LogP contribution in [0, 0.1) is 12.8 Å². The van der Waals surface area contributed by atoms with Crippen molar-refractivity contribution in [3.05, 3.63) is 35.9 Å². The van der Waals surface area contributed by atoms with Crippen molar-refractivity contribution >= 4 is 5.95 Å². The third-order valence-electron chi connectivity index (χ3n) is 4.37. The minimum Gasteiger partial charge on any atom is -0.372 e. The van der Waals surface area contributed by atoms with Gasteiger partial charge in [-0.3, -0.25) is 4.98 Å². The van der Waals surface area contributed by atoms with Gasteiger partial charge in [0.1, 0.15) is 0 Å². The molecule has 0 bridgehead atoms. The van der Waals surface area contributed by atoms with Crippen molar-refractivity contribution in [2.45, 2.75) is 53.2 Å². The Morgan fingerprint density at radius 1 is 1.20 bits per heavy atom. The zero-order chi connectivity index (χ0) is 18.0. The van der Waals surface area contributed by atoms with Gasteiger partial charge in [-0.2, -0.15) is 0 Å². The molecule has 2 aromatic rings. The number of nitrogens with zero attached hydrogens (tertiary/aromatic N) is 4. The first-order chi connectivity index (χ1) is 11.9. The number of pyridine rings is 1. The molecule has 5 nitrogen and oxygen atoms in total. The SMILES string of the molecule is Cc1cc(-c2cnc(N3C[C@@H](C)O[C@@H](C)C3)nc2CC(C)C)ccn1. The van der Waals surface area contributed by atoms with Crippen LogP contribution in [0.4, 0.5) is 5.95 Å². The largest absolute Gasteiger partial charge is 0.372 e. The molecule has 0 spiro atoms. The number of rotatable bonds is 4. The van der Waals surface area contributed by atoms with E-state index >= 15 is 0 Å². The number of hydrogen-bond acceptors (Lipinski definition) is 5. The molecular weight excluding hydrogens is 312 g/mol. The maximum absolute atomic E-state index is 5.83. The van der Waals surface area contributed by atoms with E-state index in [-0.39, 0.29) is 12.2 Å². The maximum atomic E-state index is 5.83. The molecule has 0 amide bonds. The van der Waals surface area contributed by atoms with Gasteiger partial charge in [-0.25, -0.2) is 9.97 Å². The molecule has 1 aliphatic rings. The molecule has 2 atom stereocenters. The summed E-state index contributed by atoms with van der Waals surface area (Å²) in [6.07, 6.45) is 5.15. The van der Waals surface area contributed by atoms with Crippen molar-refractivity contribution in [3.63, 3.8) is 0 Å². The van der Waals surface area contributed by atoms with Gasteiger partial charge in [0.25, 0.3) is 0 Å². The molecule has 0 aliphatic carbocycles. The Morgan fingerprint density at radius 3 is 2.56 bits per heavy atom. The van der Waals surface area contributed by atoms with Gasteiger partial charge < -0.3 is 9.64 Å². The summed E-state index contributed by atoms with van der Waals surface area (Å²) in [6, 6.07) is 4.13. The van der Waals surface area contributed by atoms with E-state index in [9.17, 15) is 0 Å². The lowest BCUT2D eigenvalue weighted by molar-refractivity contribution is -0.00573. The minimum absolute atomic E-state index is 0.198. The fourth-order valence-corrected chi connectivity index (χ4v) is 3.40. The molecule has 0 unspecified atom stereocenters. The third kappa shape index (κ3) is 4.34. The summed E-state index contributed by atoms with van der Waals surface area (Å²) in [5, 5.41) is 0. The first-order valence-corrected chi connectivity index (χ1v) is 9.11. The molecule has 0 N–H and O–H groups in total. The second-order valence-corrected chi connectivity index (χ2v) is 7.48. The normalized spacial score (nSPS) is 21.0. The highest BCUT2D eigenvalue weighted by molar-refractivity contribution is 5.66. The van der Waals surface area contributed by atoms with Crippen LogP contribution in [0.25, 0.3) is 11.1 Å². The van der Waals surface area contributed by atoms with Crippen molar-refractivity contribution < 1.29 is 4.74 Å². The summed E-state index contributed by atoms with van der Waals surface area (Å²) in [7, 11) is 0. The van der Waals surface area contributed by atoms with Gasteiger partial charge in [-0.1, -0.05) is 13.8 Å². The van der Waals surface area contributed by atoms with Crippen LogP contribution in [0.15, 0.2) is 24.5 Å². The molecule has 0 aromatic carbocycles. The Bertz CT molecular complexity index is 721. The summed E-state index contributed by atoms with van der Waals surface area (Å²) in [5.74, 6) is 1.35. The summed E-state index contributed by atoms with van der Waals surface area (Å²) in [4.78, 5) is 16.2. The molecule has 2 aromatic heterocycles. The molecule has 3 rings (SSSR count). The molecule has 5 heteroatoms. The summed E-state index contributed by atoms with van der Waals surface area (Å²) in [5.41, 5.74) is 4.36. The van der Waals surface area contributed by atoms with Crippen molar-refractivity contribution in [1.82, 2.24) is 15.0 Å². The molecule has 1 saturated heterocycles. The van der Waals surface area contributed by atoms with E-state index in [0.717, 1.165) is 48.0 Å². The van der Waals surface area contributed by atoms with Crippen molar-refractivity contribution in [1.29, 1.82) is 0 Å². The van der Waals surface area contributed by atoms with Crippen molar-refractivity contribution in [2.24, 2.45) is 5.92 Å². The van der Waals surface area contributed by atoms with Crippen LogP contribution in [-0.4, -0.2) is 40.2 Å². The number of hydrogen-bond donors (Lipinski definition) is 0. The van der Waals surface area contributed by atoms with Gasteiger partial charge in [0.05, 0.1) is 17.9 Å². The number of anilines is 1. The van der Waals surface area contributed by atoms with Gasteiger partial charge in [0.15, 0.2) is 0 Å². The van der Waals surface area contributed by atoms with E-state index in [4.69, 9.17) is 9.72 Å². The minimum atomic E-state index is 0.198. The lowest BCUT2D eigenvalue weighted by Gasteiger charge is -2.35. The van der Waals surface area contributed by atoms with E-state index < -0.39 is 0 Å². The zero-order valence-corrected chi connectivity index (χ0v) is 15.9. The number of aryl methyl sites for hydroxylation is 1. The maximum Gasteiger partial charge on any atom is 0.225 e. The molecule has 3 heterocycles. The van der Waals surface area contributed by atoms with E-state index in [0.29, 0.717) is 5.92 Å². The zero-order valence-electron chi connectivity index (χ0n) is 15.9. The Kier molecular flexibility index (Phi) is 5.33. The molecule has 0 radical (unpaired) electrons. The van der Waals surface area contributed by atoms with Crippen LogP contribution in [0.2, 0.25) is 0 Å². The van der Waals surface area contributed by atoms with Crippen LogP contribution < -0.4 is 4.90 Å². The summed E-state index contributed by atoms with van der Waals surface area (Å²) < 4.78 is 5.83. The molecule has 1 fully saturated rings. The van der Waals surface area contributed by atoms with Crippen LogP contribution >= 0.6 is 0 Å². The molecular formula is C20H28N4O. The van der Waals surface area contributed by atoms with Crippen LogP contribution in [0.1, 0.15) is 39.1 Å².